The van der Waals surface area contributed by atoms with Gasteiger partial charge in [0.05, 0.1) is 6.10 Å². The quantitative estimate of drug-likeness (QED) is 0.331. The van der Waals surface area contributed by atoms with Crippen LogP contribution in [0.3, 0.4) is 0 Å². The van der Waals surface area contributed by atoms with E-state index in [1.807, 2.05) is 20.8 Å². The molecule has 1 aliphatic heterocycles. The monoisotopic (exact) mass is 377 g/mol. The van der Waals surface area contributed by atoms with Crippen LogP contribution in [0.15, 0.2) is 36.5 Å². The minimum atomic E-state index is -0.228. The molecular formula is C22H35NO4. The van der Waals surface area contributed by atoms with Crippen LogP contribution in [0, 0.1) is 5.92 Å². The molecule has 152 valence electrons. The number of methoxy groups -OCH3 is 1. The third-order valence-corrected chi connectivity index (χ3v) is 4.28. The van der Waals surface area contributed by atoms with Gasteiger partial charge in [-0.05, 0) is 44.6 Å². The smallest absolute Gasteiger partial charge is 0.226 e. The Balaban J connectivity index is 0.00000326. The molecule has 2 amide bonds. The van der Waals surface area contributed by atoms with Crippen LogP contribution in [0.2, 0.25) is 0 Å². The molecule has 0 aromatic rings. The van der Waals surface area contributed by atoms with Crippen molar-refractivity contribution in [1.82, 2.24) is 5.32 Å². The molecule has 0 aromatic carbocycles. The molecule has 0 unspecified atom stereocenters. The number of ether oxygens (including phenoxy) is 1. The number of ketones is 1. The van der Waals surface area contributed by atoms with E-state index in [9.17, 15) is 14.4 Å². The van der Waals surface area contributed by atoms with E-state index in [4.69, 9.17) is 4.74 Å². The lowest BCUT2D eigenvalue weighted by molar-refractivity contribution is -0.134. The fourth-order valence-corrected chi connectivity index (χ4v) is 2.74. The van der Waals surface area contributed by atoms with Gasteiger partial charge in [0.2, 0.25) is 11.8 Å². The van der Waals surface area contributed by atoms with E-state index in [0.29, 0.717) is 25.7 Å². The van der Waals surface area contributed by atoms with Gasteiger partial charge in [-0.3, -0.25) is 19.7 Å². The van der Waals surface area contributed by atoms with E-state index in [1.165, 1.54) is 5.57 Å². The zero-order chi connectivity index (χ0) is 20.7. The average Bonchev–Trinajstić information content (AvgIpc) is 2.64. The van der Waals surface area contributed by atoms with Crippen molar-refractivity contribution >= 4 is 17.6 Å². The summed E-state index contributed by atoms with van der Waals surface area (Å²) in [4.78, 5) is 34.5. The van der Waals surface area contributed by atoms with Gasteiger partial charge in [0, 0.05) is 26.4 Å². The molecule has 5 nitrogen and oxygen atoms in total. The lowest BCUT2D eigenvalue weighted by Gasteiger charge is -2.19. The summed E-state index contributed by atoms with van der Waals surface area (Å²) < 4.78 is 5.23. The Bertz CT molecular complexity index is 533. The molecular weight excluding hydrogens is 342 g/mol. The topological polar surface area (TPSA) is 72.5 Å². The van der Waals surface area contributed by atoms with E-state index >= 15 is 0 Å². The molecule has 1 heterocycles. The highest BCUT2D eigenvalue weighted by Crippen LogP contribution is 2.18. The van der Waals surface area contributed by atoms with Gasteiger partial charge < -0.3 is 4.74 Å². The van der Waals surface area contributed by atoms with Gasteiger partial charge in [-0.1, -0.05) is 37.6 Å². The van der Waals surface area contributed by atoms with E-state index < -0.39 is 0 Å². The summed E-state index contributed by atoms with van der Waals surface area (Å²) in [7, 11) is 1.67. The van der Waals surface area contributed by atoms with E-state index in [2.05, 4.69) is 18.0 Å². The number of hydrogen-bond acceptors (Lipinski definition) is 4. The van der Waals surface area contributed by atoms with Gasteiger partial charge in [0.25, 0.3) is 0 Å². The normalized spacial score (nSPS) is 16.5. The van der Waals surface area contributed by atoms with Crippen LogP contribution in [0.4, 0.5) is 0 Å². The molecule has 1 saturated heterocycles. The summed E-state index contributed by atoms with van der Waals surface area (Å²) in [5.41, 5.74) is 1.19. The molecule has 0 bridgehead atoms. The van der Waals surface area contributed by atoms with Crippen LogP contribution in [0.25, 0.3) is 0 Å². The maximum absolute atomic E-state index is 11.9. The number of allylic oxidation sites excluding steroid dienone is 4. The molecule has 1 atom stereocenters. The number of carbonyl (C=O) groups excluding carboxylic acids is 3. The van der Waals surface area contributed by atoms with Crippen molar-refractivity contribution in [1.29, 1.82) is 0 Å². The van der Waals surface area contributed by atoms with Crippen molar-refractivity contribution < 1.29 is 19.1 Å². The lowest BCUT2D eigenvalue weighted by atomic mass is 9.93. The zero-order valence-corrected chi connectivity index (χ0v) is 17.3. The number of amides is 2. The number of rotatable bonds is 11. The highest BCUT2D eigenvalue weighted by atomic mass is 16.5. The average molecular weight is 378 g/mol. The van der Waals surface area contributed by atoms with Gasteiger partial charge in [-0.15, -0.1) is 6.58 Å². The Kier molecular flexibility index (Phi) is 14.0. The fourth-order valence-electron chi connectivity index (χ4n) is 2.74. The minimum absolute atomic E-state index is 0.00511. The number of imide groups is 1. The summed E-state index contributed by atoms with van der Waals surface area (Å²) in [5.74, 6) is -0.381. The highest BCUT2D eigenvalue weighted by Gasteiger charge is 2.23. The number of hydrogen-bond donors (Lipinski definition) is 1. The largest absolute Gasteiger partial charge is 0.377 e. The lowest BCUT2D eigenvalue weighted by Crippen LogP contribution is -2.38. The predicted molar refractivity (Wildman–Crippen MR) is 109 cm³/mol. The van der Waals surface area contributed by atoms with Crippen LogP contribution in [0.1, 0.15) is 65.7 Å². The van der Waals surface area contributed by atoms with Crippen molar-refractivity contribution in [2.75, 3.05) is 7.11 Å². The molecule has 1 N–H and O–H groups in total. The Morgan fingerprint density at radius 3 is 2.44 bits per heavy atom. The molecule has 0 aliphatic carbocycles. The first-order chi connectivity index (χ1) is 12.9. The summed E-state index contributed by atoms with van der Waals surface area (Å²) in [6.07, 6.45) is 11.6. The van der Waals surface area contributed by atoms with Crippen LogP contribution in [-0.2, 0) is 19.1 Å². The summed E-state index contributed by atoms with van der Waals surface area (Å²) in [6.45, 7) is 9.75. The molecule has 0 radical (unpaired) electrons. The molecule has 27 heavy (non-hydrogen) atoms. The zero-order valence-electron chi connectivity index (χ0n) is 17.3. The Labute approximate surface area is 163 Å². The molecule has 1 rings (SSSR count). The maximum atomic E-state index is 11.9. The van der Waals surface area contributed by atoms with E-state index in [0.717, 1.165) is 19.3 Å². The minimum Gasteiger partial charge on any atom is -0.377 e. The van der Waals surface area contributed by atoms with Crippen LogP contribution in [0.5, 0.6) is 0 Å². The van der Waals surface area contributed by atoms with Crippen molar-refractivity contribution in [3.05, 3.63) is 36.5 Å². The first-order valence-corrected chi connectivity index (χ1v) is 9.77. The Morgan fingerprint density at radius 1 is 1.26 bits per heavy atom. The second-order valence-electron chi connectivity index (χ2n) is 6.49. The molecule has 0 aromatic heterocycles. The van der Waals surface area contributed by atoms with E-state index in [1.54, 1.807) is 25.3 Å². The molecule has 0 spiro atoms. The third-order valence-electron chi connectivity index (χ3n) is 4.28. The van der Waals surface area contributed by atoms with Gasteiger partial charge in [0.1, 0.15) is 0 Å². The van der Waals surface area contributed by atoms with Gasteiger partial charge in [-0.25, -0.2) is 0 Å². The second-order valence-corrected chi connectivity index (χ2v) is 6.49. The predicted octanol–water partition coefficient (Wildman–Crippen LogP) is 4.29. The first kappa shape index (κ1) is 25.0. The second kappa shape index (κ2) is 15.1. The Hall–Kier alpha value is -2.01. The molecule has 5 heteroatoms. The fraction of sp³-hybridized carbons (Fsp3) is 0.591. The van der Waals surface area contributed by atoms with E-state index in [-0.39, 0.29) is 29.6 Å². The van der Waals surface area contributed by atoms with Crippen molar-refractivity contribution in [3.8, 4) is 0 Å². The standard InChI is InChI=1S/C20H29NO4.C2H6/c1-4-18(25-3)10-5-7-15(2)11-12-17(22)9-6-8-16-13-19(23)21-20(24)14-16;1-2/h4,6-7,9,16,18H,1,5,8,10-14H2,2-3H3,(H,21,23,24);1-2H3/b9-6+,15-7-;/t18-;/m0./s1. The van der Waals surface area contributed by atoms with Crippen LogP contribution < -0.4 is 5.32 Å². The van der Waals surface area contributed by atoms with Gasteiger partial charge >= 0.3 is 0 Å². The number of piperidine rings is 1. The van der Waals surface area contributed by atoms with Crippen molar-refractivity contribution in [2.24, 2.45) is 5.92 Å². The first-order valence-electron chi connectivity index (χ1n) is 9.77. The van der Waals surface area contributed by atoms with Crippen molar-refractivity contribution in [3.63, 3.8) is 0 Å². The highest BCUT2D eigenvalue weighted by molar-refractivity contribution is 5.97. The van der Waals surface area contributed by atoms with Crippen LogP contribution >= 0.6 is 0 Å². The summed E-state index contributed by atoms with van der Waals surface area (Å²) in [5, 5.41) is 2.28. The SMILES string of the molecule is C=C[C@@H](CC/C=C(/C)CCC(=O)/C=C/CC1CC(=O)NC(=O)C1)OC.CC. The van der Waals surface area contributed by atoms with Crippen LogP contribution in [-0.4, -0.2) is 30.8 Å². The third kappa shape index (κ3) is 12.1. The number of nitrogens with one attached hydrogen (secondary N) is 1. The number of carbonyl (C=O) groups is 3. The summed E-state index contributed by atoms with van der Waals surface area (Å²) in [6, 6.07) is 0. The Morgan fingerprint density at radius 2 is 1.89 bits per heavy atom. The van der Waals surface area contributed by atoms with Gasteiger partial charge in [0.15, 0.2) is 5.78 Å². The van der Waals surface area contributed by atoms with Crippen molar-refractivity contribution in [2.45, 2.75) is 71.8 Å². The molecule has 1 fully saturated rings. The molecule has 0 saturated carbocycles. The maximum Gasteiger partial charge on any atom is 0.226 e. The van der Waals surface area contributed by atoms with Gasteiger partial charge in [-0.2, -0.15) is 0 Å². The summed E-state index contributed by atoms with van der Waals surface area (Å²) >= 11 is 0. The molecule has 1 aliphatic rings.